The smallest absolute Gasteiger partial charge is 0.377 e. The van der Waals surface area contributed by atoms with E-state index < -0.39 is 10.4 Å². The molecule has 3 heterocycles. The van der Waals surface area contributed by atoms with Crippen molar-refractivity contribution in [1.29, 1.82) is 0 Å². The van der Waals surface area contributed by atoms with Gasteiger partial charge in [-0.25, -0.2) is 8.42 Å². The van der Waals surface area contributed by atoms with Crippen molar-refractivity contribution in [3.63, 3.8) is 0 Å². The van der Waals surface area contributed by atoms with Gasteiger partial charge in [-0.3, -0.25) is 13.5 Å². The summed E-state index contributed by atoms with van der Waals surface area (Å²) in [6.07, 6.45) is 11.9. The fourth-order valence-electron chi connectivity index (χ4n) is 4.89. The van der Waals surface area contributed by atoms with Crippen molar-refractivity contribution in [3.8, 4) is 0 Å². The third-order valence-corrected chi connectivity index (χ3v) is 8.74. The highest BCUT2D eigenvalue weighted by Gasteiger charge is 2.21. The van der Waals surface area contributed by atoms with E-state index in [1.54, 1.807) is 10.6 Å². The lowest BCUT2D eigenvalue weighted by Gasteiger charge is -2.26. The van der Waals surface area contributed by atoms with Gasteiger partial charge in [0.25, 0.3) is 11.1 Å². The molecule has 0 fully saturated rings. The molecule has 9 nitrogen and oxygen atoms in total. The Bertz CT molecular complexity index is 2030. The SMILES string of the molecule is C=CCn1c(=Cc2oc3cc(C)c(C)cc3[n+]2CC)sc(=CC=C2C=CN(CC)c3ccccc32)c1=O.CCOS(=O)(=O)[O-]. The van der Waals surface area contributed by atoms with Gasteiger partial charge in [-0.05, 0) is 75.6 Å². The predicted octanol–water partition coefficient (Wildman–Crippen LogP) is 4.30. The normalized spacial score (nSPS) is 14.7. The first kappa shape index (κ1) is 32.9. The van der Waals surface area contributed by atoms with Crippen molar-refractivity contribution in [3.05, 3.63) is 110 Å². The predicted molar refractivity (Wildman–Crippen MR) is 176 cm³/mol. The molecule has 1 aliphatic rings. The summed E-state index contributed by atoms with van der Waals surface area (Å²) in [5.41, 5.74) is 7.73. The third kappa shape index (κ3) is 7.36. The molecule has 11 heteroatoms. The van der Waals surface area contributed by atoms with Crippen LogP contribution in [0.5, 0.6) is 0 Å². The summed E-state index contributed by atoms with van der Waals surface area (Å²) >= 11 is 1.47. The minimum atomic E-state index is -4.42. The average molecular weight is 636 g/mol. The van der Waals surface area contributed by atoms with E-state index in [1.165, 1.54) is 35.1 Å². The number of para-hydroxylation sites is 1. The largest absolute Gasteiger partial charge is 0.726 e. The monoisotopic (exact) mass is 635 g/mol. The molecule has 232 valence electrons. The lowest BCUT2D eigenvalue weighted by Crippen LogP contribution is -2.35. The van der Waals surface area contributed by atoms with E-state index in [0.29, 0.717) is 11.1 Å². The standard InChI is InChI=1S/C31H32N3O2S.C2H6O4S/c1-6-16-34-30(20-29-33(8-3)26-18-21(4)22(5)19-27(26)36-29)37-28(31(34)35)14-13-23-15-17-32(7-2)25-12-10-9-11-24(23)25;1-2-6-7(3,4)5/h6,9-15,17-20H,1,7-8,16H2,2-5H3;2H2,1H3,(H,3,4,5)/q+1;/p-1. The summed E-state index contributed by atoms with van der Waals surface area (Å²) in [5.74, 6) is 0.732. The molecule has 1 aliphatic heterocycles. The number of thiazole rings is 1. The topological polar surface area (TPSA) is 109 Å². The summed E-state index contributed by atoms with van der Waals surface area (Å²) in [6.45, 7) is 15.8. The number of aryl methyl sites for hydroxylation is 3. The Balaban J connectivity index is 0.000000566. The lowest BCUT2D eigenvalue weighted by atomic mass is 9.99. The van der Waals surface area contributed by atoms with Gasteiger partial charge in [-0.15, -0.1) is 17.9 Å². The molecule has 0 saturated carbocycles. The second-order valence-corrected chi connectivity index (χ2v) is 12.1. The van der Waals surface area contributed by atoms with Crippen LogP contribution in [0.1, 0.15) is 43.4 Å². The summed E-state index contributed by atoms with van der Waals surface area (Å²) in [7, 11) is -4.42. The maximum Gasteiger partial charge on any atom is 0.377 e. The second-order valence-electron chi connectivity index (χ2n) is 9.96. The van der Waals surface area contributed by atoms with Crippen molar-refractivity contribution in [2.45, 2.75) is 47.7 Å². The molecule has 2 aromatic carbocycles. The van der Waals surface area contributed by atoms with Crippen LogP contribution in [0.4, 0.5) is 5.69 Å². The fourth-order valence-corrected chi connectivity index (χ4v) is 6.17. The van der Waals surface area contributed by atoms with E-state index in [9.17, 15) is 17.8 Å². The zero-order valence-electron chi connectivity index (χ0n) is 25.6. The van der Waals surface area contributed by atoms with Gasteiger partial charge in [-0.1, -0.05) is 30.4 Å². The summed E-state index contributed by atoms with van der Waals surface area (Å²) in [6, 6.07) is 12.6. The van der Waals surface area contributed by atoms with Crippen LogP contribution in [-0.4, -0.2) is 30.7 Å². The molecule has 0 N–H and O–H groups in total. The third-order valence-electron chi connectivity index (χ3n) is 7.13. The highest BCUT2D eigenvalue weighted by atomic mass is 32.3. The number of nitrogens with zero attached hydrogens (tertiary/aromatic N) is 3. The number of hydrogen-bond acceptors (Lipinski definition) is 8. The first-order chi connectivity index (χ1) is 21.0. The van der Waals surface area contributed by atoms with Crippen molar-refractivity contribution >= 4 is 56.2 Å². The first-order valence-electron chi connectivity index (χ1n) is 14.3. The van der Waals surface area contributed by atoms with E-state index in [-0.39, 0.29) is 12.2 Å². The van der Waals surface area contributed by atoms with E-state index >= 15 is 0 Å². The average Bonchev–Trinajstić information content (AvgIpc) is 3.47. The van der Waals surface area contributed by atoms with Crippen molar-refractivity contribution < 1.29 is 26.1 Å². The summed E-state index contributed by atoms with van der Waals surface area (Å²) < 4.78 is 43.7. The van der Waals surface area contributed by atoms with Crippen LogP contribution in [0.2, 0.25) is 0 Å². The minimum Gasteiger partial charge on any atom is -0.726 e. The molecule has 44 heavy (non-hydrogen) atoms. The number of oxazole rings is 1. The molecule has 0 aliphatic carbocycles. The van der Waals surface area contributed by atoms with Crippen LogP contribution in [0.3, 0.4) is 0 Å². The fraction of sp³-hybridized carbons (Fsp3) is 0.273. The van der Waals surface area contributed by atoms with Crippen molar-refractivity contribution in [2.75, 3.05) is 18.1 Å². The quantitative estimate of drug-likeness (QED) is 0.123. The van der Waals surface area contributed by atoms with E-state index in [1.807, 2.05) is 24.3 Å². The molecular formula is C33H37N3O6S2. The molecule has 0 unspecified atom stereocenters. The van der Waals surface area contributed by atoms with Gasteiger partial charge >= 0.3 is 5.89 Å². The van der Waals surface area contributed by atoms with Gasteiger partial charge in [0, 0.05) is 36.6 Å². The number of aromatic nitrogens is 2. The van der Waals surface area contributed by atoms with Crippen LogP contribution >= 0.6 is 11.3 Å². The Hall–Kier alpha value is -4.03. The van der Waals surface area contributed by atoms with Gasteiger partial charge in [0.15, 0.2) is 0 Å². The molecule has 5 rings (SSSR count). The molecule has 0 bridgehead atoms. The van der Waals surface area contributed by atoms with E-state index in [0.717, 1.165) is 45.9 Å². The van der Waals surface area contributed by atoms with E-state index in [2.05, 4.69) is 90.5 Å². The Labute approximate surface area is 261 Å². The zero-order valence-corrected chi connectivity index (χ0v) is 27.2. The highest BCUT2D eigenvalue weighted by molar-refractivity contribution is 7.80. The summed E-state index contributed by atoms with van der Waals surface area (Å²) in [4.78, 5) is 15.6. The lowest BCUT2D eigenvalue weighted by molar-refractivity contribution is -0.674. The van der Waals surface area contributed by atoms with Crippen LogP contribution in [0, 0.1) is 13.8 Å². The molecule has 0 amide bonds. The number of anilines is 1. The Morgan fingerprint density at radius 3 is 2.48 bits per heavy atom. The number of allylic oxidation sites excluding steroid dienone is 4. The Morgan fingerprint density at radius 2 is 1.84 bits per heavy atom. The molecular weight excluding hydrogens is 599 g/mol. The number of benzene rings is 2. The molecule has 2 aromatic heterocycles. The highest BCUT2D eigenvalue weighted by Crippen LogP contribution is 2.32. The van der Waals surface area contributed by atoms with E-state index in [4.69, 9.17) is 4.42 Å². The van der Waals surface area contributed by atoms with Crippen molar-refractivity contribution in [1.82, 2.24) is 4.57 Å². The van der Waals surface area contributed by atoms with Gasteiger partial charge in [0.1, 0.15) is 11.2 Å². The molecule has 0 radical (unpaired) electrons. The van der Waals surface area contributed by atoms with Crippen LogP contribution in [0.25, 0.3) is 28.8 Å². The molecule has 0 saturated heterocycles. The van der Waals surface area contributed by atoms with Gasteiger partial charge in [-0.2, -0.15) is 4.57 Å². The number of fused-ring (bicyclic) bond motifs is 2. The number of rotatable bonds is 8. The van der Waals surface area contributed by atoms with Gasteiger partial charge < -0.3 is 13.9 Å². The van der Waals surface area contributed by atoms with Gasteiger partial charge in [0.05, 0.1) is 17.2 Å². The molecule has 0 atom stereocenters. The van der Waals surface area contributed by atoms with Crippen molar-refractivity contribution in [2.24, 2.45) is 0 Å². The second kappa shape index (κ2) is 14.2. The molecule has 0 spiro atoms. The minimum absolute atomic E-state index is 0.0258. The maximum atomic E-state index is 13.4. The van der Waals surface area contributed by atoms with Crippen LogP contribution in [-0.2, 0) is 27.7 Å². The Kier molecular flexibility index (Phi) is 10.6. The molecule has 4 aromatic rings. The van der Waals surface area contributed by atoms with Crippen LogP contribution < -0.4 is 24.2 Å². The summed E-state index contributed by atoms with van der Waals surface area (Å²) in [5, 5.41) is 0. The first-order valence-corrected chi connectivity index (χ1v) is 16.5. The zero-order chi connectivity index (χ0) is 32.0. The maximum absolute atomic E-state index is 13.4. The van der Waals surface area contributed by atoms with Crippen LogP contribution in [0.15, 0.2) is 76.6 Å². The van der Waals surface area contributed by atoms with Gasteiger partial charge in [0.2, 0.25) is 16.0 Å². The number of hydrogen-bond donors (Lipinski definition) is 0. The Morgan fingerprint density at radius 1 is 1.11 bits per heavy atom.